The maximum Gasteiger partial charge on any atom is 0.338 e. The van der Waals surface area contributed by atoms with Crippen LogP contribution in [0.5, 0.6) is 0 Å². The van der Waals surface area contributed by atoms with Crippen LogP contribution in [0.1, 0.15) is 20.7 Å². The van der Waals surface area contributed by atoms with Crippen LogP contribution >= 0.6 is 0 Å². The molecule has 0 N–H and O–H groups in total. The largest absolute Gasteiger partial charge is 0.461 e. The maximum absolute atomic E-state index is 12.0. The van der Waals surface area contributed by atoms with Crippen LogP contribution in [0, 0.1) is 5.41 Å². The Morgan fingerprint density at radius 2 is 1.21 bits per heavy atom. The van der Waals surface area contributed by atoms with E-state index in [2.05, 4.69) is 0 Å². The lowest BCUT2D eigenvalue weighted by Gasteiger charge is -2.39. The van der Waals surface area contributed by atoms with Gasteiger partial charge in [0.15, 0.2) is 0 Å². The Kier molecular flexibility index (Phi) is 4.91. The molecular weight excluding hydrogens is 308 g/mol. The number of carbonyl (C=O) groups excluding carboxylic acids is 2. The summed E-state index contributed by atoms with van der Waals surface area (Å²) in [6, 6.07) is 17.6. The summed E-state index contributed by atoms with van der Waals surface area (Å²) in [6.45, 7) is 1.11. The van der Waals surface area contributed by atoms with Crippen molar-refractivity contribution >= 4 is 11.9 Å². The van der Waals surface area contributed by atoms with Gasteiger partial charge in [0.1, 0.15) is 13.2 Å². The summed E-state index contributed by atoms with van der Waals surface area (Å²) in [6.07, 6.45) is 0. The lowest BCUT2D eigenvalue weighted by molar-refractivity contribution is -0.160. The Bertz CT molecular complexity index is 635. The van der Waals surface area contributed by atoms with Gasteiger partial charge in [-0.3, -0.25) is 0 Å². The standard InChI is InChI=1S/C19H18O5/c20-17(15-7-3-1-4-8-15)23-13-19(11-22-12-19)14-24-18(21)16-9-5-2-6-10-16/h1-10H,11-14H2. The number of hydrogen-bond donors (Lipinski definition) is 0. The summed E-state index contributed by atoms with van der Waals surface area (Å²) >= 11 is 0. The lowest BCUT2D eigenvalue weighted by atomic mass is 9.88. The van der Waals surface area contributed by atoms with Gasteiger partial charge in [-0.15, -0.1) is 0 Å². The average Bonchev–Trinajstić information content (AvgIpc) is 2.61. The molecule has 5 nitrogen and oxygen atoms in total. The number of rotatable bonds is 6. The fraction of sp³-hybridized carbons (Fsp3) is 0.263. The van der Waals surface area contributed by atoms with Crippen molar-refractivity contribution in [3.05, 3.63) is 71.8 Å². The average molecular weight is 326 g/mol. The molecule has 0 aliphatic carbocycles. The molecule has 2 aromatic rings. The van der Waals surface area contributed by atoms with Crippen LogP contribution in [0.15, 0.2) is 60.7 Å². The maximum atomic E-state index is 12.0. The van der Waals surface area contributed by atoms with Crippen molar-refractivity contribution in [2.24, 2.45) is 5.41 Å². The highest BCUT2D eigenvalue weighted by Gasteiger charge is 2.41. The molecule has 0 unspecified atom stereocenters. The van der Waals surface area contributed by atoms with E-state index in [-0.39, 0.29) is 13.2 Å². The Morgan fingerprint density at radius 1 is 0.792 bits per heavy atom. The van der Waals surface area contributed by atoms with E-state index in [4.69, 9.17) is 14.2 Å². The van der Waals surface area contributed by atoms with Crippen molar-refractivity contribution in [3.63, 3.8) is 0 Å². The van der Waals surface area contributed by atoms with E-state index in [9.17, 15) is 9.59 Å². The molecule has 1 aliphatic rings. The highest BCUT2D eigenvalue weighted by Crippen LogP contribution is 2.29. The van der Waals surface area contributed by atoms with E-state index < -0.39 is 17.4 Å². The summed E-state index contributed by atoms with van der Waals surface area (Å²) in [7, 11) is 0. The monoisotopic (exact) mass is 326 g/mol. The molecular formula is C19H18O5. The van der Waals surface area contributed by atoms with E-state index >= 15 is 0 Å². The zero-order chi connectivity index (χ0) is 16.8. The smallest absolute Gasteiger partial charge is 0.338 e. The van der Waals surface area contributed by atoms with Gasteiger partial charge >= 0.3 is 11.9 Å². The second kappa shape index (κ2) is 7.27. The van der Waals surface area contributed by atoms with Crippen molar-refractivity contribution in [2.45, 2.75) is 0 Å². The molecule has 0 atom stereocenters. The predicted octanol–water partition coefficient (Wildman–Crippen LogP) is 2.72. The van der Waals surface area contributed by atoms with Gasteiger partial charge in [0, 0.05) is 0 Å². The third-order valence-electron chi connectivity index (χ3n) is 3.85. The molecule has 5 heteroatoms. The molecule has 1 saturated heterocycles. The summed E-state index contributed by atoms with van der Waals surface area (Å²) < 4.78 is 16.0. The molecule has 3 rings (SSSR count). The van der Waals surface area contributed by atoms with E-state index in [1.54, 1.807) is 48.5 Å². The third-order valence-corrected chi connectivity index (χ3v) is 3.85. The Balaban J connectivity index is 1.53. The van der Waals surface area contributed by atoms with Crippen molar-refractivity contribution in [1.82, 2.24) is 0 Å². The van der Waals surface area contributed by atoms with Gasteiger partial charge in [0.25, 0.3) is 0 Å². The Morgan fingerprint density at radius 3 is 1.54 bits per heavy atom. The molecule has 0 amide bonds. The number of esters is 2. The SMILES string of the molecule is O=C(OCC1(COC(=O)c2ccccc2)COC1)c1ccccc1. The highest BCUT2D eigenvalue weighted by atomic mass is 16.6. The molecule has 0 spiro atoms. The van der Waals surface area contributed by atoms with Crippen LogP contribution in [0.4, 0.5) is 0 Å². The molecule has 0 aromatic heterocycles. The van der Waals surface area contributed by atoms with Gasteiger partial charge in [-0.1, -0.05) is 36.4 Å². The Hall–Kier alpha value is -2.66. The highest BCUT2D eigenvalue weighted by molar-refractivity contribution is 5.89. The quantitative estimate of drug-likeness (QED) is 0.764. The van der Waals surface area contributed by atoms with Crippen molar-refractivity contribution in [2.75, 3.05) is 26.4 Å². The van der Waals surface area contributed by atoms with Crippen molar-refractivity contribution < 1.29 is 23.8 Å². The van der Waals surface area contributed by atoms with Gasteiger partial charge in [-0.2, -0.15) is 0 Å². The molecule has 124 valence electrons. The topological polar surface area (TPSA) is 61.8 Å². The van der Waals surface area contributed by atoms with Crippen molar-refractivity contribution in [1.29, 1.82) is 0 Å². The number of carbonyl (C=O) groups is 2. The van der Waals surface area contributed by atoms with Crippen LogP contribution in [0.2, 0.25) is 0 Å². The van der Waals surface area contributed by atoms with Crippen LogP contribution < -0.4 is 0 Å². The van der Waals surface area contributed by atoms with Gasteiger partial charge in [-0.25, -0.2) is 9.59 Å². The predicted molar refractivity (Wildman–Crippen MR) is 86.7 cm³/mol. The third kappa shape index (κ3) is 3.81. The number of benzene rings is 2. The van der Waals surface area contributed by atoms with Crippen LogP contribution in [-0.4, -0.2) is 38.4 Å². The first kappa shape index (κ1) is 16.2. The first-order chi connectivity index (χ1) is 11.7. The molecule has 1 heterocycles. The van der Waals surface area contributed by atoms with Gasteiger partial charge in [0.05, 0.1) is 29.8 Å². The summed E-state index contributed by atoms with van der Waals surface area (Å²) in [5.41, 5.74) is 0.526. The van der Waals surface area contributed by atoms with Crippen LogP contribution in [0.25, 0.3) is 0 Å². The molecule has 24 heavy (non-hydrogen) atoms. The number of hydrogen-bond acceptors (Lipinski definition) is 5. The normalized spacial score (nSPS) is 15.2. The zero-order valence-corrected chi connectivity index (χ0v) is 13.1. The second-order valence-corrected chi connectivity index (χ2v) is 5.88. The first-order valence-corrected chi connectivity index (χ1v) is 7.71. The van der Waals surface area contributed by atoms with Crippen molar-refractivity contribution in [3.8, 4) is 0 Å². The fourth-order valence-corrected chi connectivity index (χ4v) is 2.35. The molecule has 1 fully saturated rings. The van der Waals surface area contributed by atoms with Crippen LogP contribution in [-0.2, 0) is 14.2 Å². The fourth-order valence-electron chi connectivity index (χ4n) is 2.35. The molecule has 0 bridgehead atoms. The van der Waals surface area contributed by atoms with Crippen LogP contribution in [0.3, 0.4) is 0 Å². The minimum absolute atomic E-state index is 0.156. The molecule has 0 radical (unpaired) electrons. The van der Waals surface area contributed by atoms with Gasteiger partial charge < -0.3 is 14.2 Å². The minimum Gasteiger partial charge on any atom is -0.461 e. The van der Waals surface area contributed by atoms with E-state index in [1.165, 1.54) is 0 Å². The van der Waals surface area contributed by atoms with E-state index in [1.807, 2.05) is 12.1 Å². The summed E-state index contributed by atoms with van der Waals surface area (Å²) in [5, 5.41) is 0. The zero-order valence-electron chi connectivity index (χ0n) is 13.1. The summed E-state index contributed by atoms with van der Waals surface area (Å²) in [4.78, 5) is 24.0. The van der Waals surface area contributed by atoms with E-state index in [0.29, 0.717) is 24.3 Å². The first-order valence-electron chi connectivity index (χ1n) is 7.71. The minimum atomic E-state index is -0.463. The van der Waals surface area contributed by atoms with Gasteiger partial charge in [0.2, 0.25) is 0 Å². The molecule has 0 saturated carbocycles. The molecule has 2 aromatic carbocycles. The van der Waals surface area contributed by atoms with E-state index in [0.717, 1.165) is 0 Å². The summed E-state index contributed by atoms with van der Waals surface area (Å²) in [5.74, 6) is -0.785. The van der Waals surface area contributed by atoms with Gasteiger partial charge in [-0.05, 0) is 24.3 Å². The molecule has 1 aliphatic heterocycles. The Labute approximate surface area is 140 Å². The number of ether oxygens (including phenoxy) is 3. The second-order valence-electron chi connectivity index (χ2n) is 5.88. The lowest BCUT2D eigenvalue weighted by Crippen LogP contribution is -2.50.